The number of aliphatic imine (C=N–C) groups is 1. The van der Waals surface area contributed by atoms with Crippen molar-refractivity contribution in [3.05, 3.63) is 63.9 Å². The van der Waals surface area contributed by atoms with Gasteiger partial charge in [0.25, 0.3) is 5.91 Å². The third kappa shape index (κ3) is 5.00. The Morgan fingerprint density at radius 1 is 1.29 bits per heavy atom. The van der Waals surface area contributed by atoms with Crippen molar-refractivity contribution < 1.29 is 18.7 Å². The number of nitrogens with zero attached hydrogens (tertiary/aromatic N) is 3. The predicted octanol–water partition coefficient (Wildman–Crippen LogP) is 5.88. The van der Waals surface area contributed by atoms with E-state index in [1.807, 2.05) is 0 Å². The molecule has 2 aliphatic rings. The van der Waals surface area contributed by atoms with Gasteiger partial charge in [-0.3, -0.25) is 10.2 Å². The molecule has 0 aromatic heterocycles. The van der Waals surface area contributed by atoms with E-state index in [0.29, 0.717) is 22.0 Å². The van der Waals surface area contributed by atoms with Gasteiger partial charge >= 0.3 is 0 Å². The largest absolute Gasteiger partial charge is 0.493 e. The van der Waals surface area contributed by atoms with Crippen molar-refractivity contribution in [1.82, 2.24) is 5.01 Å². The molecular formula is C24H22ClFN4O3S. The summed E-state index contributed by atoms with van der Waals surface area (Å²) in [5.41, 5.74) is 0.987. The molecule has 0 fully saturated rings. The van der Waals surface area contributed by atoms with E-state index in [1.165, 1.54) is 36.0 Å². The van der Waals surface area contributed by atoms with E-state index in [2.05, 4.69) is 17.0 Å². The zero-order valence-electron chi connectivity index (χ0n) is 18.6. The maximum atomic E-state index is 13.9. The van der Waals surface area contributed by atoms with Crippen molar-refractivity contribution in [2.24, 2.45) is 10.1 Å². The molecule has 0 radical (unpaired) electrons. The predicted molar refractivity (Wildman–Crippen MR) is 133 cm³/mol. The lowest BCUT2D eigenvalue weighted by Gasteiger charge is -2.20. The number of benzene rings is 2. The molecule has 0 spiro atoms. The quantitative estimate of drug-likeness (QED) is 0.457. The lowest BCUT2D eigenvalue weighted by molar-refractivity contribution is -0.114. The lowest BCUT2D eigenvalue weighted by atomic mass is 10.1. The second kappa shape index (κ2) is 10.4. The molecule has 2 aromatic carbocycles. The smallest absolute Gasteiger partial charge is 0.283 e. The van der Waals surface area contributed by atoms with Gasteiger partial charge in [-0.15, -0.1) is 0 Å². The summed E-state index contributed by atoms with van der Waals surface area (Å²) >= 11 is 7.75. The van der Waals surface area contributed by atoms with Crippen LogP contribution in [0.25, 0.3) is 6.08 Å². The number of carbonyl (C=O) groups is 1. The second-order valence-electron chi connectivity index (χ2n) is 7.53. The second-order valence-corrected chi connectivity index (χ2v) is 8.98. The van der Waals surface area contributed by atoms with Crippen LogP contribution in [0.1, 0.15) is 37.3 Å². The number of hydrogen-bond acceptors (Lipinski definition) is 6. The fraction of sp³-hybridized carbons (Fsp3) is 0.250. The van der Waals surface area contributed by atoms with Crippen molar-refractivity contribution in [2.75, 3.05) is 7.11 Å². The van der Waals surface area contributed by atoms with E-state index >= 15 is 0 Å². The summed E-state index contributed by atoms with van der Waals surface area (Å²) in [6.07, 6.45) is 4.29. The number of ether oxygens (including phenoxy) is 2. The Balaban J connectivity index is 1.59. The van der Waals surface area contributed by atoms with Gasteiger partial charge in [0.2, 0.25) is 5.17 Å². The first-order valence-corrected chi connectivity index (χ1v) is 11.8. The topological polar surface area (TPSA) is 87.3 Å². The van der Waals surface area contributed by atoms with E-state index in [-0.39, 0.29) is 34.6 Å². The van der Waals surface area contributed by atoms with E-state index in [0.717, 1.165) is 24.3 Å². The van der Waals surface area contributed by atoms with E-state index in [9.17, 15) is 9.18 Å². The summed E-state index contributed by atoms with van der Waals surface area (Å²) < 4.78 is 25.1. The summed E-state index contributed by atoms with van der Waals surface area (Å²) in [4.78, 5) is 16.8. The number of halogens is 2. The maximum absolute atomic E-state index is 13.9. The molecule has 0 bridgehead atoms. The number of thioether (sulfide) groups is 1. The number of hydrazone groups is 1. The molecule has 2 aromatic rings. The molecule has 0 saturated carbocycles. The summed E-state index contributed by atoms with van der Waals surface area (Å²) in [5.74, 6) is -0.393. The van der Waals surface area contributed by atoms with E-state index in [4.69, 9.17) is 26.5 Å². The summed E-state index contributed by atoms with van der Waals surface area (Å²) in [7, 11) is 1.46. The average molecular weight is 501 g/mol. The van der Waals surface area contributed by atoms with Gasteiger partial charge in [0, 0.05) is 5.56 Å². The maximum Gasteiger partial charge on any atom is 0.283 e. The Morgan fingerprint density at radius 3 is 2.82 bits per heavy atom. The fourth-order valence-corrected chi connectivity index (χ4v) is 4.56. The number of amidine groups is 2. The van der Waals surface area contributed by atoms with Crippen LogP contribution in [0.2, 0.25) is 5.02 Å². The Labute approximate surface area is 205 Å². The highest BCUT2D eigenvalue weighted by atomic mass is 35.5. The Hall–Kier alpha value is -3.17. The summed E-state index contributed by atoms with van der Waals surface area (Å²) in [5, 5.41) is 15.8. The molecule has 4 rings (SSSR count). The highest BCUT2D eigenvalue weighted by Crippen LogP contribution is 2.38. The molecular weight excluding hydrogens is 479 g/mol. The minimum atomic E-state index is -0.523. The number of methoxy groups -OCH3 is 1. The van der Waals surface area contributed by atoms with Crippen LogP contribution in [-0.4, -0.2) is 34.1 Å². The van der Waals surface area contributed by atoms with Crippen molar-refractivity contribution in [2.45, 2.75) is 32.8 Å². The van der Waals surface area contributed by atoms with Crippen LogP contribution in [0.3, 0.4) is 0 Å². The van der Waals surface area contributed by atoms with E-state index < -0.39 is 5.91 Å². The van der Waals surface area contributed by atoms with Gasteiger partial charge in [-0.25, -0.2) is 4.39 Å². The third-order valence-electron chi connectivity index (χ3n) is 5.13. The molecule has 0 unspecified atom stereocenters. The number of hydrogen-bond donors (Lipinski definition) is 1. The zero-order chi connectivity index (χ0) is 24.2. The molecule has 0 saturated heterocycles. The summed E-state index contributed by atoms with van der Waals surface area (Å²) in [6, 6.07) is 9.51. The van der Waals surface area contributed by atoms with Gasteiger partial charge in [-0.1, -0.05) is 43.1 Å². The molecule has 7 nitrogen and oxygen atoms in total. The first kappa shape index (κ1) is 24.0. The fourth-order valence-electron chi connectivity index (χ4n) is 3.36. The Morgan fingerprint density at radius 2 is 2.09 bits per heavy atom. The minimum Gasteiger partial charge on any atom is -0.493 e. The molecule has 1 amide bonds. The number of amides is 1. The van der Waals surface area contributed by atoms with Crippen molar-refractivity contribution in [3.8, 4) is 11.5 Å². The molecule has 176 valence electrons. The van der Waals surface area contributed by atoms with Crippen LogP contribution in [0.5, 0.6) is 11.5 Å². The molecule has 2 heterocycles. The third-order valence-corrected chi connectivity index (χ3v) is 6.38. The molecule has 1 N–H and O–H groups in total. The molecule has 0 atom stereocenters. The first-order chi connectivity index (χ1) is 16.4. The van der Waals surface area contributed by atoms with Crippen molar-refractivity contribution in [3.63, 3.8) is 0 Å². The minimum absolute atomic E-state index is 0.0329. The monoisotopic (exact) mass is 500 g/mol. The lowest BCUT2D eigenvalue weighted by Crippen LogP contribution is -2.35. The van der Waals surface area contributed by atoms with Crippen molar-refractivity contribution in [1.29, 1.82) is 5.41 Å². The number of nitrogens with one attached hydrogen (secondary N) is 1. The highest BCUT2D eigenvalue weighted by molar-refractivity contribution is 8.26. The molecule has 2 aliphatic heterocycles. The van der Waals surface area contributed by atoms with Crippen LogP contribution in [-0.2, 0) is 11.4 Å². The Bertz CT molecular complexity index is 1240. The highest BCUT2D eigenvalue weighted by Gasteiger charge is 2.35. The van der Waals surface area contributed by atoms with Gasteiger partial charge in [0.05, 0.1) is 17.7 Å². The number of unbranched alkanes of at least 4 members (excludes halogenated alkanes) is 1. The first-order valence-electron chi connectivity index (χ1n) is 10.6. The molecule has 10 heteroatoms. The van der Waals surface area contributed by atoms with Crippen LogP contribution >= 0.6 is 23.4 Å². The molecule has 0 aliphatic carbocycles. The SMILES string of the molecule is CCCCC1=NN2C(=N)/C(=C\c3cc(Cl)c(OCc4ccccc4F)c(OC)c3)C(=O)N=C2S1. The standard InChI is InChI=1S/C24H22ClFN4O3S/c1-3-4-9-20-29-30-22(27)16(23(31)28-24(30)34-20)10-14-11-17(25)21(19(12-14)32-2)33-13-15-7-5-6-8-18(15)26/h5-8,10-12,27H,3-4,9,13H2,1-2H3/b16-10+,27-22?. The van der Waals surface area contributed by atoms with Crippen molar-refractivity contribution >= 4 is 51.4 Å². The number of rotatable bonds is 8. The zero-order valence-corrected chi connectivity index (χ0v) is 20.2. The average Bonchev–Trinajstić information content (AvgIpc) is 3.23. The van der Waals surface area contributed by atoms with Gasteiger partial charge in [-0.05, 0) is 54.4 Å². The van der Waals surface area contributed by atoms with Crippen LogP contribution in [0.4, 0.5) is 4.39 Å². The Kier molecular flexibility index (Phi) is 7.33. The number of fused-ring (bicyclic) bond motifs is 1. The van der Waals surface area contributed by atoms with Crippen LogP contribution in [0.15, 0.2) is 52.1 Å². The normalized spacial score (nSPS) is 16.5. The van der Waals surface area contributed by atoms with Crippen LogP contribution in [0, 0.1) is 11.2 Å². The van der Waals surface area contributed by atoms with E-state index in [1.54, 1.807) is 30.3 Å². The van der Waals surface area contributed by atoms with Gasteiger partial charge < -0.3 is 9.47 Å². The van der Waals surface area contributed by atoms with Gasteiger partial charge in [0.1, 0.15) is 17.5 Å². The van der Waals surface area contributed by atoms with Gasteiger partial charge in [-0.2, -0.15) is 15.1 Å². The number of carbonyl (C=O) groups excluding carboxylic acids is 1. The molecule has 34 heavy (non-hydrogen) atoms. The van der Waals surface area contributed by atoms with Crippen LogP contribution < -0.4 is 9.47 Å². The summed E-state index contributed by atoms with van der Waals surface area (Å²) in [6.45, 7) is 2.06. The van der Waals surface area contributed by atoms with Gasteiger partial charge in [0.15, 0.2) is 17.3 Å².